The second kappa shape index (κ2) is 6.02. The Morgan fingerprint density at radius 3 is 2.56 bits per heavy atom. The van der Waals surface area contributed by atoms with Crippen molar-refractivity contribution in [2.45, 2.75) is 26.4 Å². The van der Waals surface area contributed by atoms with Gasteiger partial charge in [-0.2, -0.15) is 0 Å². The second-order valence-electron chi connectivity index (χ2n) is 3.35. The van der Waals surface area contributed by atoms with Gasteiger partial charge in [0, 0.05) is 12.5 Å². The van der Waals surface area contributed by atoms with Crippen LogP contribution in [0.15, 0.2) is 35.5 Å². The zero-order valence-corrected chi connectivity index (χ0v) is 9.38. The maximum atomic E-state index is 10.7. The number of oxime groups is 1. The van der Waals surface area contributed by atoms with Gasteiger partial charge in [0.2, 0.25) is 0 Å². The predicted octanol–water partition coefficient (Wildman–Crippen LogP) is 1.72. The van der Waals surface area contributed by atoms with Crippen LogP contribution in [-0.2, 0) is 9.63 Å². The lowest BCUT2D eigenvalue weighted by atomic mass is 10.0. The molecule has 1 N–H and O–H groups in total. The summed E-state index contributed by atoms with van der Waals surface area (Å²) in [6.07, 6.45) is -0.226. The van der Waals surface area contributed by atoms with Gasteiger partial charge >= 0.3 is 5.97 Å². The zero-order valence-electron chi connectivity index (χ0n) is 9.38. The number of carbonyl (C=O) groups is 1. The van der Waals surface area contributed by atoms with Crippen molar-refractivity contribution in [2.24, 2.45) is 5.16 Å². The molecule has 0 bridgehead atoms. The van der Waals surface area contributed by atoms with Crippen molar-refractivity contribution in [3.8, 4) is 0 Å². The zero-order chi connectivity index (χ0) is 12.0. The van der Waals surface area contributed by atoms with Gasteiger partial charge in [0.1, 0.15) is 5.71 Å². The van der Waals surface area contributed by atoms with E-state index < -0.39 is 12.1 Å². The van der Waals surface area contributed by atoms with E-state index in [1.807, 2.05) is 25.1 Å². The highest BCUT2D eigenvalue weighted by molar-refractivity contribution is 6.03. The third-order valence-corrected chi connectivity index (χ3v) is 2.04. The van der Waals surface area contributed by atoms with Gasteiger partial charge in [-0.25, -0.2) is 4.79 Å². The predicted molar refractivity (Wildman–Crippen MR) is 61.0 cm³/mol. The van der Waals surface area contributed by atoms with E-state index in [2.05, 4.69) is 9.99 Å². The SMILES string of the molecule is CCC(O)C(=NOC(C)=O)c1ccccc1. The molecule has 1 rings (SSSR count). The molecule has 86 valence electrons. The molecule has 0 amide bonds. The number of aliphatic hydroxyl groups excluding tert-OH is 1. The van der Waals surface area contributed by atoms with Crippen LogP contribution < -0.4 is 0 Å². The maximum Gasteiger partial charge on any atom is 0.331 e. The number of benzene rings is 1. The standard InChI is InChI=1S/C12H15NO3/c1-3-11(15)12(13-16-9(2)14)10-7-5-4-6-8-10/h4-8,11,15H,3H2,1-2H3. The first kappa shape index (κ1) is 12.4. The van der Waals surface area contributed by atoms with E-state index in [9.17, 15) is 9.90 Å². The molecule has 0 aliphatic carbocycles. The number of hydrogen-bond acceptors (Lipinski definition) is 4. The number of nitrogens with zero attached hydrogens (tertiary/aromatic N) is 1. The Hall–Kier alpha value is -1.68. The summed E-state index contributed by atoms with van der Waals surface area (Å²) < 4.78 is 0. The fraction of sp³-hybridized carbons (Fsp3) is 0.333. The largest absolute Gasteiger partial charge is 0.387 e. The Morgan fingerprint density at radius 2 is 2.06 bits per heavy atom. The summed E-state index contributed by atoms with van der Waals surface area (Å²) in [4.78, 5) is 15.2. The molecule has 0 saturated carbocycles. The maximum absolute atomic E-state index is 10.7. The van der Waals surface area contributed by atoms with Crippen molar-refractivity contribution in [2.75, 3.05) is 0 Å². The summed E-state index contributed by atoms with van der Waals surface area (Å²) in [5, 5.41) is 13.4. The van der Waals surface area contributed by atoms with Gasteiger partial charge in [-0.05, 0) is 6.42 Å². The molecule has 16 heavy (non-hydrogen) atoms. The lowest BCUT2D eigenvalue weighted by Gasteiger charge is -2.10. The molecule has 1 atom stereocenters. The molecule has 1 unspecified atom stereocenters. The quantitative estimate of drug-likeness (QED) is 0.478. The Morgan fingerprint density at radius 1 is 1.44 bits per heavy atom. The van der Waals surface area contributed by atoms with Crippen LogP contribution in [0.2, 0.25) is 0 Å². The van der Waals surface area contributed by atoms with Crippen molar-refractivity contribution in [3.63, 3.8) is 0 Å². The summed E-state index contributed by atoms with van der Waals surface area (Å²) >= 11 is 0. The molecule has 4 nitrogen and oxygen atoms in total. The summed E-state index contributed by atoms with van der Waals surface area (Å²) in [7, 11) is 0. The van der Waals surface area contributed by atoms with Gasteiger partial charge < -0.3 is 9.94 Å². The van der Waals surface area contributed by atoms with Crippen LogP contribution in [0.25, 0.3) is 0 Å². The van der Waals surface area contributed by atoms with Gasteiger partial charge in [-0.1, -0.05) is 42.4 Å². The van der Waals surface area contributed by atoms with Crippen molar-refractivity contribution in [1.29, 1.82) is 0 Å². The molecule has 0 aromatic heterocycles. The molecular weight excluding hydrogens is 206 g/mol. The van der Waals surface area contributed by atoms with Gasteiger partial charge in [0.15, 0.2) is 0 Å². The highest BCUT2D eigenvalue weighted by atomic mass is 16.7. The van der Waals surface area contributed by atoms with Crippen LogP contribution in [0.4, 0.5) is 0 Å². The van der Waals surface area contributed by atoms with E-state index in [4.69, 9.17) is 0 Å². The molecule has 0 radical (unpaired) electrons. The Kier molecular flexibility index (Phi) is 4.66. The van der Waals surface area contributed by atoms with Crippen molar-refractivity contribution in [1.82, 2.24) is 0 Å². The van der Waals surface area contributed by atoms with Crippen LogP contribution >= 0.6 is 0 Å². The average molecular weight is 221 g/mol. The summed E-state index contributed by atoms with van der Waals surface area (Å²) in [5.41, 5.74) is 1.12. The smallest absolute Gasteiger partial charge is 0.331 e. The lowest BCUT2D eigenvalue weighted by Crippen LogP contribution is -2.21. The van der Waals surface area contributed by atoms with Crippen molar-refractivity contribution < 1.29 is 14.7 Å². The van der Waals surface area contributed by atoms with Crippen LogP contribution in [0, 0.1) is 0 Å². The fourth-order valence-electron chi connectivity index (χ4n) is 1.22. The van der Waals surface area contributed by atoms with Crippen LogP contribution in [-0.4, -0.2) is 22.9 Å². The third-order valence-electron chi connectivity index (χ3n) is 2.04. The van der Waals surface area contributed by atoms with E-state index in [1.54, 1.807) is 12.1 Å². The van der Waals surface area contributed by atoms with Gasteiger partial charge in [0.05, 0.1) is 6.10 Å². The number of aliphatic hydroxyl groups is 1. The normalized spacial score (nSPS) is 13.3. The molecule has 0 spiro atoms. The molecule has 0 aliphatic heterocycles. The topological polar surface area (TPSA) is 58.9 Å². The first-order chi connectivity index (χ1) is 7.65. The van der Waals surface area contributed by atoms with Crippen LogP contribution in [0.1, 0.15) is 25.8 Å². The monoisotopic (exact) mass is 221 g/mol. The molecule has 0 heterocycles. The molecule has 0 fully saturated rings. The highest BCUT2D eigenvalue weighted by Gasteiger charge is 2.14. The van der Waals surface area contributed by atoms with Gasteiger partial charge in [-0.15, -0.1) is 0 Å². The molecular formula is C12H15NO3. The molecule has 0 saturated heterocycles. The van der Waals surface area contributed by atoms with Crippen LogP contribution in [0.3, 0.4) is 0 Å². The number of rotatable bonds is 4. The van der Waals surface area contributed by atoms with E-state index >= 15 is 0 Å². The van der Waals surface area contributed by atoms with E-state index in [1.165, 1.54) is 6.92 Å². The Balaban J connectivity index is 2.96. The van der Waals surface area contributed by atoms with Gasteiger partial charge in [0.25, 0.3) is 0 Å². The average Bonchev–Trinajstić information content (AvgIpc) is 2.30. The minimum atomic E-state index is -0.734. The first-order valence-electron chi connectivity index (χ1n) is 5.14. The Bertz CT molecular complexity index is 373. The summed E-state index contributed by atoms with van der Waals surface area (Å²) in [6.45, 7) is 3.10. The van der Waals surface area contributed by atoms with Crippen molar-refractivity contribution in [3.05, 3.63) is 35.9 Å². The number of carbonyl (C=O) groups excluding carboxylic acids is 1. The molecule has 4 heteroatoms. The number of hydrogen-bond donors (Lipinski definition) is 1. The third kappa shape index (κ3) is 3.47. The Labute approximate surface area is 94.5 Å². The molecule has 0 aliphatic rings. The van der Waals surface area contributed by atoms with Crippen molar-refractivity contribution >= 4 is 11.7 Å². The fourth-order valence-corrected chi connectivity index (χ4v) is 1.22. The van der Waals surface area contributed by atoms with E-state index in [-0.39, 0.29) is 0 Å². The van der Waals surface area contributed by atoms with Crippen LogP contribution in [0.5, 0.6) is 0 Å². The van der Waals surface area contributed by atoms with E-state index in [0.29, 0.717) is 12.1 Å². The summed E-state index contributed by atoms with van der Waals surface area (Å²) in [5.74, 6) is -0.503. The molecule has 1 aromatic rings. The minimum Gasteiger partial charge on any atom is -0.387 e. The summed E-state index contributed by atoms with van der Waals surface area (Å²) in [6, 6.07) is 9.15. The lowest BCUT2D eigenvalue weighted by molar-refractivity contribution is -0.141. The van der Waals surface area contributed by atoms with Gasteiger partial charge in [-0.3, -0.25) is 0 Å². The minimum absolute atomic E-state index is 0.373. The highest BCUT2D eigenvalue weighted by Crippen LogP contribution is 2.08. The van der Waals surface area contributed by atoms with E-state index in [0.717, 1.165) is 5.56 Å². The first-order valence-corrected chi connectivity index (χ1v) is 5.14. The molecule has 1 aromatic carbocycles. The second-order valence-corrected chi connectivity index (χ2v) is 3.35.